The second-order valence-corrected chi connectivity index (χ2v) is 8.37. The van der Waals surface area contributed by atoms with Crippen LogP contribution in [-0.2, 0) is 13.1 Å². The molecular weight excluding hydrogens is 344 g/mol. The van der Waals surface area contributed by atoms with Gasteiger partial charge in [0.1, 0.15) is 0 Å². The third-order valence-electron chi connectivity index (χ3n) is 4.94. The molecule has 1 aliphatic rings. The van der Waals surface area contributed by atoms with Crippen molar-refractivity contribution in [2.45, 2.75) is 32.5 Å². The highest BCUT2D eigenvalue weighted by Gasteiger charge is 2.34. The summed E-state index contributed by atoms with van der Waals surface area (Å²) in [5.74, 6) is 1.39. The van der Waals surface area contributed by atoms with Crippen LogP contribution >= 0.6 is 11.3 Å². The summed E-state index contributed by atoms with van der Waals surface area (Å²) in [4.78, 5) is 10.6. The van der Waals surface area contributed by atoms with E-state index in [9.17, 15) is 0 Å². The third-order valence-corrected chi connectivity index (χ3v) is 5.80. The minimum Gasteiger partial charge on any atom is -0.338 e. The largest absolute Gasteiger partial charge is 0.338 e. The molecule has 1 saturated heterocycles. The van der Waals surface area contributed by atoms with Crippen molar-refractivity contribution in [2.75, 3.05) is 19.6 Å². The molecule has 0 atom stereocenters. The molecule has 0 saturated carbocycles. The lowest BCUT2D eigenvalue weighted by molar-refractivity contribution is 0.00649. The fourth-order valence-electron chi connectivity index (χ4n) is 3.54. The molecule has 6 heteroatoms. The first-order chi connectivity index (χ1) is 12.6. The monoisotopic (exact) mass is 368 g/mol. The maximum absolute atomic E-state index is 5.47. The van der Waals surface area contributed by atoms with Crippen LogP contribution in [0, 0.1) is 0 Å². The normalized spacial score (nSPS) is 18.2. The topological polar surface area (TPSA) is 45.4 Å². The molecule has 5 nitrogen and oxygen atoms in total. The second-order valence-electron chi connectivity index (χ2n) is 7.42. The summed E-state index contributed by atoms with van der Waals surface area (Å²) in [7, 11) is 0. The van der Waals surface area contributed by atoms with Gasteiger partial charge in [0.05, 0.1) is 11.4 Å². The maximum Gasteiger partial charge on any atom is 0.241 e. The van der Waals surface area contributed by atoms with Gasteiger partial charge in [0.15, 0.2) is 0 Å². The first-order valence-corrected chi connectivity index (χ1v) is 9.86. The van der Waals surface area contributed by atoms with Crippen LogP contribution in [0.25, 0.3) is 10.7 Å². The first-order valence-electron chi connectivity index (χ1n) is 8.98. The predicted octanol–water partition coefficient (Wildman–Crippen LogP) is 3.89. The van der Waals surface area contributed by atoms with Gasteiger partial charge in [-0.25, -0.2) is 0 Å². The zero-order valence-corrected chi connectivity index (χ0v) is 16.1. The fourth-order valence-corrected chi connectivity index (χ4v) is 4.19. The summed E-state index contributed by atoms with van der Waals surface area (Å²) in [6.07, 6.45) is 0. The lowest BCUT2D eigenvalue weighted by Crippen LogP contribution is -2.58. The zero-order valence-electron chi connectivity index (χ0n) is 15.3. The van der Waals surface area contributed by atoms with Crippen molar-refractivity contribution >= 4 is 11.3 Å². The minimum atomic E-state index is 0.102. The Labute approximate surface area is 158 Å². The van der Waals surface area contributed by atoms with Crippen LogP contribution < -0.4 is 0 Å². The van der Waals surface area contributed by atoms with Crippen LogP contribution in [0.3, 0.4) is 0 Å². The highest BCUT2D eigenvalue weighted by molar-refractivity contribution is 7.13. The molecule has 3 heterocycles. The molecule has 3 aromatic rings. The van der Waals surface area contributed by atoms with Crippen LogP contribution in [0.2, 0.25) is 0 Å². The van der Waals surface area contributed by atoms with E-state index in [1.165, 1.54) is 5.56 Å². The van der Waals surface area contributed by atoms with Gasteiger partial charge in [-0.3, -0.25) is 9.80 Å². The van der Waals surface area contributed by atoms with E-state index in [0.717, 1.165) is 31.1 Å². The van der Waals surface area contributed by atoms with Gasteiger partial charge in [0.25, 0.3) is 0 Å². The van der Waals surface area contributed by atoms with Gasteiger partial charge >= 0.3 is 0 Å². The Morgan fingerprint density at radius 2 is 1.92 bits per heavy atom. The summed E-state index contributed by atoms with van der Waals surface area (Å²) in [5.41, 5.74) is 1.47. The van der Waals surface area contributed by atoms with Crippen molar-refractivity contribution in [3.05, 3.63) is 59.3 Å². The van der Waals surface area contributed by atoms with Crippen molar-refractivity contribution in [1.29, 1.82) is 0 Å². The number of benzene rings is 1. The van der Waals surface area contributed by atoms with Gasteiger partial charge in [-0.2, -0.15) is 4.98 Å². The number of aromatic nitrogens is 2. The third kappa shape index (κ3) is 3.87. The van der Waals surface area contributed by atoms with E-state index in [4.69, 9.17) is 4.52 Å². The molecule has 1 fully saturated rings. The molecule has 0 spiro atoms. The molecule has 136 valence electrons. The van der Waals surface area contributed by atoms with E-state index in [1.54, 1.807) is 11.3 Å². The van der Waals surface area contributed by atoms with E-state index in [2.05, 4.69) is 64.1 Å². The molecule has 0 amide bonds. The minimum absolute atomic E-state index is 0.102. The van der Waals surface area contributed by atoms with Crippen molar-refractivity contribution in [2.24, 2.45) is 0 Å². The Hall–Kier alpha value is -2.02. The maximum atomic E-state index is 5.47. The molecule has 0 unspecified atom stereocenters. The molecule has 2 aromatic heterocycles. The Balaban J connectivity index is 1.38. The molecule has 0 bridgehead atoms. The quantitative estimate of drug-likeness (QED) is 0.684. The van der Waals surface area contributed by atoms with E-state index >= 15 is 0 Å². The van der Waals surface area contributed by atoms with Crippen molar-refractivity contribution in [3.8, 4) is 10.7 Å². The second kappa shape index (κ2) is 7.31. The van der Waals surface area contributed by atoms with Gasteiger partial charge in [0, 0.05) is 31.7 Å². The zero-order chi connectivity index (χ0) is 18.0. The number of thiophene rings is 1. The summed E-state index contributed by atoms with van der Waals surface area (Å²) in [6.45, 7) is 9.35. The van der Waals surface area contributed by atoms with Crippen LogP contribution in [0.1, 0.15) is 25.3 Å². The lowest BCUT2D eigenvalue weighted by atomic mass is 9.97. The number of hydrogen-bond donors (Lipinski definition) is 0. The molecule has 1 aromatic carbocycles. The van der Waals surface area contributed by atoms with Crippen LogP contribution in [-0.4, -0.2) is 45.1 Å². The average Bonchev–Trinajstić information content (AvgIpc) is 3.29. The van der Waals surface area contributed by atoms with E-state index in [0.29, 0.717) is 18.3 Å². The Bertz CT molecular complexity index is 829. The summed E-state index contributed by atoms with van der Waals surface area (Å²) in [6, 6.07) is 14.7. The molecule has 0 aliphatic carbocycles. The van der Waals surface area contributed by atoms with Gasteiger partial charge in [-0.05, 0) is 30.9 Å². The predicted molar refractivity (Wildman–Crippen MR) is 104 cm³/mol. The van der Waals surface area contributed by atoms with Crippen molar-refractivity contribution in [3.63, 3.8) is 0 Å². The SMILES string of the molecule is CC1(C)CN(Cc2nc(-c3cccs3)no2)CCN1Cc1ccccc1. The molecule has 0 N–H and O–H groups in total. The van der Waals surface area contributed by atoms with Crippen molar-refractivity contribution in [1.82, 2.24) is 19.9 Å². The lowest BCUT2D eigenvalue weighted by Gasteiger charge is -2.47. The van der Waals surface area contributed by atoms with Gasteiger partial charge in [-0.15, -0.1) is 11.3 Å². The number of piperazine rings is 1. The summed E-state index contributed by atoms with van der Waals surface area (Å²) in [5, 5.41) is 6.15. The fraction of sp³-hybridized carbons (Fsp3) is 0.400. The average molecular weight is 369 g/mol. The summed E-state index contributed by atoms with van der Waals surface area (Å²) < 4.78 is 5.47. The van der Waals surface area contributed by atoms with Crippen LogP contribution in [0.15, 0.2) is 52.4 Å². The number of nitrogens with zero attached hydrogens (tertiary/aromatic N) is 4. The smallest absolute Gasteiger partial charge is 0.241 e. The Morgan fingerprint density at radius 1 is 1.08 bits per heavy atom. The van der Waals surface area contributed by atoms with Crippen LogP contribution in [0.4, 0.5) is 0 Å². The van der Waals surface area contributed by atoms with Gasteiger partial charge < -0.3 is 4.52 Å². The number of hydrogen-bond acceptors (Lipinski definition) is 6. The van der Waals surface area contributed by atoms with Crippen LogP contribution in [0.5, 0.6) is 0 Å². The van der Waals surface area contributed by atoms with Crippen molar-refractivity contribution < 1.29 is 4.52 Å². The Kier molecular flexibility index (Phi) is 4.89. The number of rotatable bonds is 5. The van der Waals surface area contributed by atoms with E-state index in [1.807, 2.05) is 17.5 Å². The van der Waals surface area contributed by atoms with Gasteiger partial charge in [0.2, 0.25) is 11.7 Å². The molecular formula is C20H24N4OS. The molecule has 26 heavy (non-hydrogen) atoms. The van der Waals surface area contributed by atoms with E-state index < -0.39 is 0 Å². The van der Waals surface area contributed by atoms with E-state index in [-0.39, 0.29) is 5.54 Å². The first kappa shape index (κ1) is 17.4. The Morgan fingerprint density at radius 3 is 2.65 bits per heavy atom. The van der Waals surface area contributed by atoms with Gasteiger partial charge in [-0.1, -0.05) is 41.6 Å². The highest BCUT2D eigenvalue weighted by Crippen LogP contribution is 2.25. The molecule has 1 aliphatic heterocycles. The highest BCUT2D eigenvalue weighted by atomic mass is 32.1. The summed E-state index contributed by atoms with van der Waals surface area (Å²) >= 11 is 1.63. The molecule has 0 radical (unpaired) electrons. The molecule has 4 rings (SSSR count). The standard InChI is InChI=1S/C20H24N4OS/c1-20(2)15-23(10-11-24(20)13-16-7-4-3-5-8-16)14-18-21-19(22-25-18)17-9-6-12-26-17/h3-9,12H,10-11,13-15H2,1-2H3.